The molecule has 0 fully saturated rings. The van der Waals surface area contributed by atoms with E-state index in [0.717, 1.165) is 12.8 Å². The van der Waals surface area contributed by atoms with Crippen molar-refractivity contribution in [1.82, 2.24) is 5.32 Å². The van der Waals surface area contributed by atoms with E-state index in [0.29, 0.717) is 13.0 Å². The fraction of sp³-hybridized carbons (Fsp3) is 0.533. The van der Waals surface area contributed by atoms with Crippen LogP contribution in [0.1, 0.15) is 24.5 Å². The van der Waals surface area contributed by atoms with Crippen molar-refractivity contribution in [1.29, 1.82) is 0 Å². The summed E-state index contributed by atoms with van der Waals surface area (Å²) in [5.41, 5.74) is 2.48. The number of carbonyl (C=O) groups is 1. The average Bonchev–Trinajstić information content (AvgIpc) is 2.45. The largest absolute Gasteiger partial charge is 0.469 e. The fourth-order valence-electron chi connectivity index (χ4n) is 1.97. The number of benzene rings is 1. The molecule has 1 aromatic rings. The molecule has 0 aromatic heterocycles. The van der Waals surface area contributed by atoms with Crippen LogP contribution in [-0.4, -0.2) is 37.4 Å². The number of carbonyl (C=O) groups excluding carboxylic acids is 1. The summed E-state index contributed by atoms with van der Waals surface area (Å²) in [5.74, 6) is -0.236. The molecule has 19 heavy (non-hydrogen) atoms. The van der Waals surface area contributed by atoms with Gasteiger partial charge in [0.2, 0.25) is 0 Å². The van der Waals surface area contributed by atoms with Crippen molar-refractivity contribution < 1.29 is 14.6 Å². The van der Waals surface area contributed by atoms with E-state index >= 15 is 0 Å². The van der Waals surface area contributed by atoms with Crippen molar-refractivity contribution in [2.75, 3.05) is 20.3 Å². The third-order valence-corrected chi connectivity index (χ3v) is 3.10. The molecule has 0 saturated carbocycles. The van der Waals surface area contributed by atoms with Crippen molar-refractivity contribution >= 4 is 5.97 Å². The molecule has 2 N–H and O–H groups in total. The number of aliphatic hydroxyl groups is 1. The van der Waals surface area contributed by atoms with Gasteiger partial charge in [0.25, 0.3) is 0 Å². The van der Waals surface area contributed by atoms with Gasteiger partial charge in [0.15, 0.2) is 0 Å². The Bertz CT molecular complexity index is 375. The van der Waals surface area contributed by atoms with E-state index < -0.39 is 0 Å². The van der Waals surface area contributed by atoms with Crippen molar-refractivity contribution in [3.63, 3.8) is 0 Å². The summed E-state index contributed by atoms with van der Waals surface area (Å²) < 4.78 is 4.69. The molecule has 0 spiro atoms. The lowest BCUT2D eigenvalue weighted by molar-refractivity contribution is -0.141. The Hall–Kier alpha value is -1.39. The molecule has 1 atom stereocenters. The van der Waals surface area contributed by atoms with Gasteiger partial charge < -0.3 is 15.2 Å². The summed E-state index contributed by atoms with van der Waals surface area (Å²) >= 11 is 0. The molecule has 0 saturated heterocycles. The van der Waals surface area contributed by atoms with Gasteiger partial charge in [-0.1, -0.05) is 31.2 Å². The number of methoxy groups -OCH3 is 1. The maximum Gasteiger partial charge on any atom is 0.307 e. The molecule has 106 valence electrons. The Morgan fingerprint density at radius 3 is 2.47 bits per heavy atom. The molecule has 0 radical (unpaired) electrons. The van der Waals surface area contributed by atoms with Crippen LogP contribution < -0.4 is 5.32 Å². The highest BCUT2D eigenvalue weighted by Gasteiger charge is 2.14. The Morgan fingerprint density at radius 2 is 1.95 bits per heavy atom. The molecule has 0 heterocycles. The third-order valence-electron chi connectivity index (χ3n) is 3.10. The minimum absolute atomic E-state index is 0.00734. The molecule has 4 heteroatoms. The minimum Gasteiger partial charge on any atom is -0.469 e. The highest BCUT2D eigenvalue weighted by atomic mass is 16.5. The predicted octanol–water partition coefficient (Wildman–Crippen LogP) is 1.31. The van der Waals surface area contributed by atoms with Gasteiger partial charge in [0, 0.05) is 12.6 Å². The van der Waals surface area contributed by atoms with Crippen molar-refractivity contribution in [2.45, 2.75) is 32.2 Å². The second-order valence-electron chi connectivity index (χ2n) is 4.53. The summed E-state index contributed by atoms with van der Waals surface area (Å²) in [6.07, 6.45) is 2.08. The maximum atomic E-state index is 11.4. The fourth-order valence-corrected chi connectivity index (χ4v) is 1.97. The Morgan fingerprint density at radius 1 is 1.32 bits per heavy atom. The molecule has 0 aliphatic heterocycles. The number of hydrogen-bond acceptors (Lipinski definition) is 4. The van der Waals surface area contributed by atoms with Gasteiger partial charge in [0.1, 0.15) is 0 Å². The molecule has 0 aliphatic rings. The van der Waals surface area contributed by atoms with Crippen molar-refractivity contribution in [3.05, 3.63) is 35.4 Å². The molecule has 1 aromatic carbocycles. The molecule has 4 nitrogen and oxygen atoms in total. The zero-order valence-electron chi connectivity index (χ0n) is 11.7. The van der Waals surface area contributed by atoms with Gasteiger partial charge in [-0.15, -0.1) is 0 Å². The zero-order chi connectivity index (χ0) is 14.1. The molecule has 0 bridgehead atoms. The first-order valence-corrected chi connectivity index (χ1v) is 6.68. The molecule has 0 amide bonds. The molecule has 1 rings (SSSR count). The van der Waals surface area contributed by atoms with Gasteiger partial charge in [-0.3, -0.25) is 4.79 Å². The third kappa shape index (κ3) is 5.85. The lowest BCUT2D eigenvalue weighted by Crippen LogP contribution is -2.35. The topological polar surface area (TPSA) is 58.6 Å². The van der Waals surface area contributed by atoms with Crippen LogP contribution in [0.15, 0.2) is 24.3 Å². The first-order chi connectivity index (χ1) is 9.19. The maximum absolute atomic E-state index is 11.4. The summed E-state index contributed by atoms with van der Waals surface area (Å²) in [5, 5.41) is 12.0. The van der Waals surface area contributed by atoms with Crippen molar-refractivity contribution in [2.24, 2.45) is 0 Å². The molecular formula is C15H23NO3. The number of nitrogens with one attached hydrogen (secondary N) is 1. The minimum atomic E-state index is -0.236. The van der Waals surface area contributed by atoms with Crippen LogP contribution in [0, 0.1) is 0 Å². The van der Waals surface area contributed by atoms with E-state index in [1.54, 1.807) is 0 Å². The number of ether oxygens (including phenoxy) is 1. The zero-order valence-corrected chi connectivity index (χ0v) is 11.7. The van der Waals surface area contributed by atoms with Crippen LogP contribution in [-0.2, 0) is 22.4 Å². The average molecular weight is 265 g/mol. The standard InChI is InChI=1S/C15H23NO3/c1-3-12-4-6-13(7-5-12)10-14(16-8-9-17)11-15(18)19-2/h4-7,14,16-17H,3,8-11H2,1-2H3. The van der Waals surface area contributed by atoms with Crippen molar-refractivity contribution in [3.8, 4) is 0 Å². The van der Waals surface area contributed by atoms with E-state index in [1.165, 1.54) is 18.2 Å². The van der Waals surface area contributed by atoms with E-state index in [2.05, 4.69) is 36.5 Å². The summed E-state index contributed by atoms with van der Waals surface area (Å²) in [6.45, 7) is 2.67. The first kappa shape index (κ1) is 15.7. The van der Waals surface area contributed by atoms with E-state index in [4.69, 9.17) is 9.84 Å². The normalized spacial score (nSPS) is 12.2. The van der Waals surface area contributed by atoms with Gasteiger partial charge in [-0.05, 0) is 24.0 Å². The second kappa shape index (κ2) is 8.67. The number of rotatable bonds is 8. The number of esters is 1. The second-order valence-corrected chi connectivity index (χ2v) is 4.53. The van der Waals surface area contributed by atoms with Gasteiger partial charge >= 0.3 is 5.97 Å². The van der Waals surface area contributed by atoms with Gasteiger partial charge in [-0.2, -0.15) is 0 Å². The van der Waals surface area contributed by atoms with E-state index in [-0.39, 0.29) is 18.6 Å². The quantitative estimate of drug-likeness (QED) is 0.696. The van der Waals surface area contributed by atoms with E-state index in [9.17, 15) is 4.79 Å². The summed E-state index contributed by atoms with van der Waals surface area (Å²) in [6, 6.07) is 8.38. The molecule has 1 unspecified atom stereocenters. The number of hydrogen-bond donors (Lipinski definition) is 2. The van der Waals surface area contributed by atoms with Crippen LogP contribution in [0.4, 0.5) is 0 Å². The molecule has 0 aliphatic carbocycles. The van der Waals surface area contributed by atoms with Gasteiger partial charge in [-0.25, -0.2) is 0 Å². The predicted molar refractivity (Wildman–Crippen MR) is 75.0 cm³/mol. The summed E-state index contributed by atoms with van der Waals surface area (Å²) in [4.78, 5) is 11.4. The van der Waals surface area contributed by atoms with Crippen LogP contribution in [0.3, 0.4) is 0 Å². The Labute approximate surface area is 114 Å². The van der Waals surface area contributed by atoms with Crippen LogP contribution in [0.5, 0.6) is 0 Å². The SMILES string of the molecule is CCc1ccc(CC(CC(=O)OC)NCCO)cc1. The first-order valence-electron chi connectivity index (χ1n) is 6.68. The van der Waals surface area contributed by atoms with Crippen LogP contribution in [0.2, 0.25) is 0 Å². The lowest BCUT2D eigenvalue weighted by atomic mass is 10.0. The van der Waals surface area contributed by atoms with Crippen LogP contribution >= 0.6 is 0 Å². The Kier molecular flexibility index (Phi) is 7.15. The van der Waals surface area contributed by atoms with Crippen LogP contribution in [0.25, 0.3) is 0 Å². The van der Waals surface area contributed by atoms with Gasteiger partial charge in [0.05, 0.1) is 20.1 Å². The highest BCUT2D eigenvalue weighted by Crippen LogP contribution is 2.09. The number of aliphatic hydroxyl groups excluding tert-OH is 1. The monoisotopic (exact) mass is 265 g/mol. The lowest BCUT2D eigenvalue weighted by Gasteiger charge is -2.17. The summed E-state index contributed by atoms with van der Waals surface area (Å²) in [7, 11) is 1.39. The highest BCUT2D eigenvalue weighted by molar-refractivity contribution is 5.70. The molecular weight excluding hydrogens is 242 g/mol. The van der Waals surface area contributed by atoms with E-state index in [1.807, 2.05) is 0 Å². The number of aryl methyl sites for hydroxylation is 1. The Balaban J connectivity index is 2.60. The smallest absolute Gasteiger partial charge is 0.307 e.